The number of carbonyl (C=O) groups is 2. The van der Waals surface area contributed by atoms with Gasteiger partial charge in [-0.1, -0.05) is 12.1 Å². The first-order chi connectivity index (χ1) is 10.2. The first kappa shape index (κ1) is 14.8. The molecule has 0 aromatic carbocycles. The Balaban J connectivity index is 2.03. The van der Waals surface area contributed by atoms with Crippen molar-refractivity contribution >= 4 is 17.8 Å². The highest BCUT2D eigenvalue weighted by Gasteiger charge is 2.17. The number of aromatic nitrogens is 1. The minimum Gasteiger partial charge on any atom is -0.494 e. The van der Waals surface area contributed by atoms with Gasteiger partial charge in [0, 0.05) is 31.7 Å². The molecule has 108 valence electrons. The molecule has 5 heteroatoms. The second kappa shape index (κ2) is 7.28. The molecule has 1 aliphatic heterocycles. The second-order valence-electron chi connectivity index (χ2n) is 4.43. The number of carbonyl (C=O) groups excluding carboxylic acids is 2. The summed E-state index contributed by atoms with van der Waals surface area (Å²) in [6.45, 7) is 0. The molecule has 21 heavy (non-hydrogen) atoms. The summed E-state index contributed by atoms with van der Waals surface area (Å²) < 4.78 is 5.16. The Bertz CT molecular complexity index is 616. The SMILES string of the molecule is COC1=C(C(=O)CCC(=O)c2ccccn2)N=CCC=C1. The van der Waals surface area contributed by atoms with E-state index in [1.807, 2.05) is 6.08 Å². The van der Waals surface area contributed by atoms with Crippen molar-refractivity contribution in [2.45, 2.75) is 19.3 Å². The van der Waals surface area contributed by atoms with Crippen LogP contribution in [0.5, 0.6) is 0 Å². The minimum atomic E-state index is -0.209. The van der Waals surface area contributed by atoms with Gasteiger partial charge in [-0.05, 0) is 18.2 Å². The molecule has 0 amide bonds. The lowest BCUT2D eigenvalue weighted by molar-refractivity contribution is -0.115. The monoisotopic (exact) mass is 284 g/mol. The number of aliphatic imine (C=N–C) groups is 1. The number of ether oxygens (including phenoxy) is 1. The van der Waals surface area contributed by atoms with E-state index in [4.69, 9.17) is 4.74 Å². The van der Waals surface area contributed by atoms with Crippen LogP contribution >= 0.6 is 0 Å². The third kappa shape index (κ3) is 3.95. The standard InChI is InChI=1S/C16H16N2O3/c1-21-15-7-3-5-11-18-16(15)14(20)9-8-13(19)12-6-2-4-10-17-12/h2-4,6-7,10-11H,5,8-9H2,1H3. The minimum absolute atomic E-state index is 0.0861. The molecule has 1 aromatic heterocycles. The summed E-state index contributed by atoms with van der Waals surface area (Å²) in [5.41, 5.74) is 0.635. The molecule has 0 unspecified atom stereocenters. The van der Waals surface area contributed by atoms with Crippen molar-refractivity contribution in [1.82, 2.24) is 4.98 Å². The topological polar surface area (TPSA) is 68.6 Å². The molecule has 0 spiro atoms. The van der Waals surface area contributed by atoms with Crippen LogP contribution < -0.4 is 0 Å². The van der Waals surface area contributed by atoms with Gasteiger partial charge >= 0.3 is 0 Å². The molecule has 0 N–H and O–H groups in total. The van der Waals surface area contributed by atoms with Crippen molar-refractivity contribution < 1.29 is 14.3 Å². The smallest absolute Gasteiger partial charge is 0.185 e. The lowest BCUT2D eigenvalue weighted by Gasteiger charge is -2.05. The zero-order valence-electron chi connectivity index (χ0n) is 11.8. The van der Waals surface area contributed by atoms with E-state index in [0.717, 1.165) is 0 Å². The Morgan fingerprint density at radius 2 is 2.05 bits per heavy atom. The zero-order valence-corrected chi connectivity index (χ0v) is 11.8. The van der Waals surface area contributed by atoms with Gasteiger partial charge in [0.05, 0.1) is 7.11 Å². The van der Waals surface area contributed by atoms with Gasteiger partial charge in [-0.25, -0.2) is 0 Å². The molecule has 2 heterocycles. The second-order valence-corrected chi connectivity index (χ2v) is 4.43. The summed E-state index contributed by atoms with van der Waals surface area (Å²) in [4.78, 5) is 32.2. The van der Waals surface area contributed by atoms with Crippen molar-refractivity contribution in [3.8, 4) is 0 Å². The number of hydrogen-bond donors (Lipinski definition) is 0. The highest BCUT2D eigenvalue weighted by molar-refractivity contribution is 6.02. The van der Waals surface area contributed by atoms with Crippen LogP contribution in [0.2, 0.25) is 0 Å². The maximum Gasteiger partial charge on any atom is 0.185 e. The maximum atomic E-state index is 12.2. The van der Waals surface area contributed by atoms with Gasteiger partial charge in [0.25, 0.3) is 0 Å². The van der Waals surface area contributed by atoms with Crippen LogP contribution in [0.1, 0.15) is 29.8 Å². The number of rotatable bonds is 6. The van der Waals surface area contributed by atoms with Crippen LogP contribution in [-0.4, -0.2) is 29.9 Å². The number of ketones is 2. The van der Waals surface area contributed by atoms with E-state index in [2.05, 4.69) is 9.98 Å². The fourth-order valence-corrected chi connectivity index (χ4v) is 1.90. The Morgan fingerprint density at radius 3 is 2.76 bits per heavy atom. The zero-order chi connectivity index (χ0) is 15.1. The molecule has 0 aliphatic carbocycles. The largest absolute Gasteiger partial charge is 0.494 e. The predicted molar refractivity (Wildman–Crippen MR) is 79.1 cm³/mol. The molecule has 1 aromatic rings. The van der Waals surface area contributed by atoms with E-state index < -0.39 is 0 Å². The van der Waals surface area contributed by atoms with Gasteiger partial charge in [0.1, 0.15) is 17.2 Å². The van der Waals surface area contributed by atoms with Gasteiger partial charge in [-0.2, -0.15) is 0 Å². The number of hydrogen-bond acceptors (Lipinski definition) is 5. The fraction of sp³-hybridized carbons (Fsp3) is 0.250. The Morgan fingerprint density at radius 1 is 1.24 bits per heavy atom. The molecule has 2 rings (SSSR count). The third-order valence-corrected chi connectivity index (χ3v) is 2.98. The maximum absolute atomic E-state index is 12.2. The van der Waals surface area contributed by atoms with Crippen LogP contribution in [0, 0.1) is 0 Å². The summed E-state index contributed by atoms with van der Waals surface area (Å²) in [7, 11) is 1.49. The van der Waals surface area contributed by atoms with Gasteiger partial charge < -0.3 is 4.74 Å². The first-order valence-corrected chi connectivity index (χ1v) is 6.67. The number of pyridine rings is 1. The van der Waals surface area contributed by atoms with E-state index in [1.54, 1.807) is 36.7 Å². The Kier molecular flexibility index (Phi) is 5.15. The quantitative estimate of drug-likeness (QED) is 0.753. The average Bonchev–Trinajstić information content (AvgIpc) is 2.78. The van der Waals surface area contributed by atoms with Crippen molar-refractivity contribution in [2.24, 2.45) is 4.99 Å². The number of allylic oxidation sites excluding steroid dienone is 3. The molecule has 0 saturated carbocycles. The van der Waals surface area contributed by atoms with Gasteiger partial charge in [-0.15, -0.1) is 0 Å². The van der Waals surface area contributed by atoms with E-state index in [-0.39, 0.29) is 30.1 Å². The first-order valence-electron chi connectivity index (χ1n) is 6.67. The lowest BCUT2D eigenvalue weighted by Crippen LogP contribution is -2.09. The van der Waals surface area contributed by atoms with E-state index >= 15 is 0 Å². The van der Waals surface area contributed by atoms with Crippen LogP contribution in [-0.2, 0) is 9.53 Å². The average molecular weight is 284 g/mol. The summed E-state index contributed by atoms with van der Waals surface area (Å²) in [6.07, 6.45) is 7.63. The number of Topliss-reactive ketones (excluding diaryl/α,β-unsaturated/α-hetero) is 2. The lowest BCUT2D eigenvalue weighted by atomic mass is 10.1. The van der Waals surface area contributed by atoms with Crippen molar-refractivity contribution in [1.29, 1.82) is 0 Å². The van der Waals surface area contributed by atoms with Crippen LogP contribution in [0.3, 0.4) is 0 Å². The van der Waals surface area contributed by atoms with Crippen LogP contribution in [0.15, 0.2) is 53.0 Å². The molecular formula is C16H16N2O3. The highest BCUT2D eigenvalue weighted by atomic mass is 16.5. The predicted octanol–water partition coefficient (Wildman–Crippen LogP) is 2.50. The molecule has 0 radical (unpaired) electrons. The van der Waals surface area contributed by atoms with Gasteiger partial charge in [0.2, 0.25) is 0 Å². The molecule has 0 fully saturated rings. The molecule has 1 aliphatic rings. The third-order valence-electron chi connectivity index (χ3n) is 2.98. The van der Waals surface area contributed by atoms with E-state index in [9.17, 15) is 9.59 Å². The molecular weight excluding hydrogens is 268 g/mol. The fourth-order valence-electron chi connectivity index (χ4n) is 1.90. The van der Waals surface area contributed by atoms with Gasteiger partial charge in [-0.3, -0.25) is 19.6 Å². The molecule has 0 saturated heterocycles. The number of nitrogens with zero attached hydrogens (tertiary/aromatic N) is 2. The summed E-state index contributed by atoms with van der Waals surface area (Å²) in [5, 5.41) is 0. The molecule has 0 bridgehead atoms. The van der Waals surface area contributed by atoms with Crippen LogP contribution in [0.4, 0.5) is 0 Å². The summed E-state index contributed by atoms with van der Waals surface area (Å²) >= 11 is 0. The van der Waals surface area contributed by atoms with E-state index in [1.165, 1.54) is 7.11 Å². The Hall–Kier alpha value is -2.56. The molecule has 5 nitrogen and oxygen atoms in total. The van der Waals surface area contributed by atoms with Crippen molar-refractivity contribution in [2.75, 3.05) is 7.11 Å². The normalized spacial score (nSPS) is 14.0. The van der Waals surface area contributed by atoms with E-state index in [0.29, 0.717) is 17.9 Å². The summed E-state index contributed by atoms with van der Waals surface area (Å²) in [6, 6.07) is 5.12. The van der Waals surface area contributed by atoms with Crippen LogP contribution in [0.25, 0.3) is 0 Å². The van der Waals surface area contributed by atoms with Gasteiger partial charge in [0.15, 0.2) is 11.6 Å². The van der Waals surface area contributed by atoms with Crippen molar-refractivity contribution in [3.05, 3.63) is 53.7 Å². The highest BCUT2D eigenvalue weighted by Crippen LogP contribution is 2.16. The molecule has 0 atom stereocenters. The van der Waals surface area contributed by atoms with Crippen molar-refractivity contribution in [3.63, 3.8) is 0 Å². The summed E-state index contributed by atoms with van der Waals surface area (Å²) in [5.74, 6) is 0.0645. The Labute approximate surface area is 123 Å². The number of methoxy groups -OCH3 is 1.